The lowest BCUT2D eigenvalue weighted by atomic mass is 10.2. The zero-order chi connectivity index (χ0) is 15.2. The summed E-state index contributed by atoms with van der Waals surface area (Å²) in [4.78, 5) is 23.0. The predicted molar refractivity (Wildman–Crippen MR) is 72.6 cm³/mol. The average molecular weight is 292 g/mol. The molecule has 0 atom stereocenters. The Labute approximate surface area is 120 Å². The number of carbonyl (C=O) groups is 2. The van der Waals surface area contributed by atoms with Gasteiger partial charge in [-0.25, -0.2) is 9.48 Å². The van der Waals surface area contributed by atoms with Gasteiger partial charge in [-0.1, -0.05) is 18.6 Å². The molecule has 1 amide bonds. The smallest absolute Gasteiger partial charge is 0.358 e. The molecule has 0 aliphatic carbocycles. The zero-order valence-corrected chi connectivity index (χ0v) is 11.6. The lowest BCUT2D eigenvalue weighted by Gasteiger charge is -2.06. The second-order valence-electron chi connectivity index (χ2n) is 4.43. The molecular weight excluding hydrogens is 276 g/mol. The second-order valence-corrected chi connectivity index (χ2v) is 4.43. The molecule has 0 bridgehead atoms. The lowest BCUT2D eigenvalue weighted by molar-refractivity contribution is -0.121. The molecule has 2 aromatic rings. The van der Waals surface area contributed by atoms with E-state index in [2.05, 4.69) is 15.6 Å². The standard InChI is InChI=1S/C13H16N4O4/c1-2-3-6-14-10(18)8-17-12(9-5-4-7-21-9)11(13(19)20)15-16-17/h4-5,7H,2-3,6,8H2,1H3,(H,14,18)(H,19,20). The van der Waals surface area contributed by atoms with Crippen LogP contribution in [-0.2, 0) is 11.3 Å². The highest BCUT2D eigenvalue weighted by atomic mass is 16.4. The molecule has 0 saturated carbocycles. The Bertz CT molecular complexity index is 618. The number of aromatic carboxylic acids is 1. The van der Waals surface area contributed by atoms with Crippen LogP contribution in [0.2, 0.25) is 0 Å². The first-order valence-electron chi connectivity index (χ1n) is 6.60. The van der Waals surface area contributed by atoms with Crippen LogP contribution in [0, 0.1) is 0 Å². The van der Waals surface area contributed by atoms with E-state index in [1.165, 1.54) is 10.9 Å². The van der Waals surface area contributed by atoms with E-state index >= 15 is 0 Å². The van der Waals surface area contributed by atoms with Gasteiger partial charge in [0, 0.05) is 6.54 Å². The van der Waals surface area contributed by atoms with E-state index < -0.39 is 5.97 Å². The molecule has 0 aromatic carbocycles. The average Bonchev–Trinajstić information content (AvgIpc) is 3.07. The van der Waals surface area contributed by atoms with Crippen molar-refractivity contribution < 1.29 is 19.1 Å². The number of carboxylic acid groups (broad SMARTS) is 1. The first kappa shape index (κ1) is 14.8. The fourth-order valence-corrected chi connectivity index (χ4v) is 1.82. The number of nitrogens with zero attached hydrogens (tertiary/aromatic N) is 3. The number of carboxylic acids is 1. The maximum atomic E-state index is 11.8. The predicted octanol–water partition coefficient (Wildman–Crippen LogP) is 1.15. The first-order valence-corrected chi connectivity index (χ1v) is 6.60. The van der Waals surface area contributed by atoms with Gasteiger partial charge in [0.15, 0.2) is 5.76 Å². The molecular formula is C13H16N4O4. The number of rotatable bonds is 7. The van der Waals surface area contributed by atoms with Gasteiger partial charge >= 0.3 is 5.97 Å². The van der Waals surface area contributed by atoms with Gasteiger partial charge in [-0.15, -0.1) is 5.10 Å². The number of carbonyl (C=O) groups excluding carboxylic acids is 1. The van der Waals surface area contributed by atoms with Gasteiger partial charge in [0.05, 0.1) is 6.26 Å². The molecule has 2 heterocycles. The van der Waals surface area contributed by atoms with Crippen molar-refractivity contribution >= 4 is 11.9 Å². The minimum absolute atomic E-state index is 0.111. The summed E-state index contributed by atoms with van der Waals surface area (Å²) in [5.74, 6) is -1.17. The highest BCUT2D eigenvalue weighted by molar-refractivity contribution is 5.92. The van der Waals surface area contributed by atoms with Crippen LogP contribution in [0.25, 0.3) is 11.5 Å². The highest BCUT2D eigenvalue weighted by Crippen LogP contribution is 2.22. The van der Waals surface area contributed by atoms with Crippen LogP contribution in [0.5, 0.6) is 0 Å². The SMILES string of the molecule is CCCCNC(=O)Cn1nnc(C(=O)O)c1-c1ccco1. The normalized spacial score (nSPS) is 10.5. The maximum absolute atomic E-state index is 11.8. The monoisotopic (exact) mass is 292 g/mol. The fourth-order valence-electron chi connectivity index (χ4n) is 1.82. The third kappa shape index (κ3) is 3.47. The van der Waals surface area contributed by atoms with E-state index in [1.807, 2.05) is 6.92 Å². The van der Waals surface area contributed by atoms with Crippen molar-refractivity contribution in [2.24, 2.45) is 0 Å². The quantitative estimate of drug-likeness (QED) is 0.741. The molecule has 0 radical (unpaired) electrons. The first-order chi connectivity index (χ1) is 10.1. The van der Waals surface area contributed by atoms with Crippen LogP contribution in [0.15, 0.2) is 22.8 Å². The summed E-state index contributed by atoms with van der Waals surface area (Å²) in [6.45, 7) is 2.49. The number of aromatic nitrogens is 3. The highest BCUT2D eigenvalue weighted by Gasteiger charge is 2.23. The van der Waals surface area contributed by atoms with Crippen molar-refractivity contribution in [3.8, 4) is 11.5 Å². The summed E-state index contributed by atoms with van der Waals surface area (Å²) in [7, 11) is 0. The molecule has 0 unspecified atom stereocenters. The van der Waals surface area contributed by atoms with Gasteiger partial charge < -0.3 is 14.8 Å². The Balaban J connectivity index is 2.20. The molecule has 8 heteroatoms. The summed E-state index contributed by atoms with van der Waals surface area (Å²) in [6.07, 6.45) is 3.28. The molecule has 21 heavy (non-hydrogen) atoms. The van der Waals surface area contributed by atoms with E-state index in [0.29, 0.717) is 12.3 Å². The third-order valence-corrected chi connectivity index (χ3v) is 2.84. The Morgan fingerprint density at radius 1 is 1.48 bits per heavy atom. The Kier molecular flexibility index (Phi) is 4.70. The Morgan fingerprint density at radius 2 is 2.29 bits per heavy atom. The Morgan fingerprint density at radius 3 is 2.90 bits per heavy atom. The topological polar surface area (TPSA) is 110 Å². The van der Waals surface area contributed by atoms with Crippen molar-refractivity contribution in [1.29, 1.82) is 0 Å². The van der Waals surface area contributed by atoms with E-state index in [4.69, 9.17) is 9.52 Å². The lowest BCUT2D eigenvalue weighted by Crippen LogP contribution is -2.29. The Hall–Kier alpha value is -2.64. The van der Waals surface area contributed by atoms with Crippen LogP contribution >= 0.6 is 0 Å². The van der Waals surface area contributed by atoms with Crippen molar-refractivity contribution in [2.75, 3.05) is 6.54 Å². The second kappa shape index (κ2) is 6.69. The van der Waals surface area contributed by atoms with Crippen LogP contribution < -0.4 is 5.32 Å². The molecule has 0 aliphatic rings. The number of hydrogen-bond donors (Lipinski definition) is 2. The van der Waals surface area contributed by atoms with Crippen LogP contribution in [0.3, 0.4) is 0 Å². The summed E-state index contributed by atoms with van der Waals surface area (Å²) >= 11 is 0. The van der Waals surface area contributed by atoms with Crippen LogP contribution in [0.4, 0.5) is 0 Å². The molecule has 0 fully saturated rings. The molecule has 2 aromatic heterocycles. The summed E-state index contributed by atoms with van der Waals surface area (Å²) in [5.41, 5.74) is -0.0653. The number of furan rings is 1. The van der Waals surface area contributed by atoms with Crippen molar-refractivity contribution in [3.05, 3.63) is 24.1 Å². The van der Waals surface area contributed by atoms with Crippen molar-refractivity contribution in [1.82, 2.24) is 20.3 Å². The molecule has 8 nitrogen and oxygen atoms in total. The van der Waals surface area contributed by atoms with E-state index in [-0.39, 0.29) is 23.8 Å². The van der Waals surface area contributed by atoms with E-state index in [0.717, 1.165) is 12.8 Å². The minimum Gasteiger partial charge on any atom is -0.476 e. The van der Waals surface area contributed by atoms with E-state index in [1.54, 1.807) is 12.1 Å². The number of unbranched alkanes of at least 4 members (excludes halogenated alkanes) is 1. The van der Waals surface area contributed by atoms with E-state index in [9.17, 15) is 9.59 Å². The zero-order valence-electron chi connectivity index (χ0n) is 11.6. The maximum Gasteiger partial charge on any atom is 0.358 e. The van der Waals surface area contributed by atoms with Crippen molar-refractivity contribution in [3.63, 3.8) is 0 Å². The van der Waals surface area contributed by atoms with Gasteiger partial charge in [-0.05, 0) is 18.6 Å². The summed E-state index contributed by atoms with van der Waals surface area (Å²) in [5, 5.41) is 19.2. The van der Waals surface area contributed by atoms with Gasteiger partial charge in [0.1, 0.15) is 12.2 Å². The molecule has 0 saturated heterocycles. The number of amides is 1. The van der Waals surface area contributed by atoms with Crippen LogP contribution in [0.1, 0.15) is 30.3 Å². The van der Waals surface area contributed by atoms with Crippen LogP contribution in [-0.4, -0.2) is 38.5 Å². The van der Waals surface area contributed by atoms with Crippen molar-refractivity contribution in [2.45, 2.75) is 26.3 Å². The number of nitrogens with one attached hydrogen (secondary N) is 1. The van der Waals surface area contributed by atoms with Gasteiger partial charge in [-0.3, -0.25) is 4.79 Å². The third-order valence-electron chi connectivity index (χ3n) is 2.84. The minimum atomic E-state index is -1.22. The molecule has 2 rings (SSSR count). The summed E-state index contributed by atoms with van der Waals surface area (Å²) in [6, 6.07) is 3.22. The molecule has 0 aliphatic heterocycles. The summed E-state index contributed by atoms with van der Waals surface area (Å²) < 4.78 is 6.42. The van der Waals surface area contributed by atoms with Gasteiger partial charge in [0.25, 0.3) is 0 Å². The largest absolute Gasteiger partial charge is 0.476 e. The number of hydrogen-bond acceptors (Lipinski definition) is 5. The molecule has 112 valence electrons. The van der Waals surface area contributed by atoms with Gasteiger partial charge in [0.2, 0.25) is 11.6 Å². The molecule has 2 N–H and O–H groups in total. The fraction of sp³-hybridized carbons (Fsp3) is 0.385. The molecule has 0 spiro atoms. The van der Waals surface area contributed by atoms with Gasteiger partial charge in [-0.2, -0.15) is 0 Å².